The number of hydrogen-bond acceptors (Lipinski definition) is 5. The molecule has 0 bridgehead atoms. The monoisotopic (exact) mass is 431 g/mol. The number of nitrogens with one attached hydrogen (secondary N) is 1. The van der Waals surface area contributed by atoms with Crippen molar-refractivity contribution in [3.05, 3.63) is 60.8 Å². The van der Waals surface area contributed by atoms with Crippen LogP contribution in [0.5, 0.6) is 5.88 Å². The van der Waals surface area contributed by atoms with Gasteiger partial charge in [-0.3, -0.25) is 14.9 Å². The quantitative estimate of drug-likeness (QED) is 0.625. The average molecular weight is 431 g/mol. The van der Waals surface area contributed by atoms with Gasteiger partial charge in [0, 0.05) is 31.4 Å². The van der Waals surface area contributed by atoms with Gasteiger partial charge >= 0.3 is 0 Å². The van der Waals surface area contributed by atoms with Crippen molar-refractivity contribution in [3.8, 4) is 5.88 Å². The number of ether oxygens (including phenoxy) is 1. The summed E-state index contributed by atoms with van der Waals surface area (Å²) in [4.78, 5) is 35.6. The van der Waals surface area contributed by atoms with Gasteiger partial charge in [-0.05, 0) is 49.0 Å². The predicted octanol–water partition coefficient (Wildman–Crippen LogP) is 3.43. The number of para-hydroxylation sites is 2. The van der Waals surface area contributed by atoms with E-state index >= 15 is 0 Å². The number of hydrogen-bond donors (Lipinski definition) is 1. The summed E-state index contributed by atoms with van der Waals surface area (Å²) >= 11 is 0. The first-order valence-electron chi connectivity index (χ1n) is 10.7. The zero-order valence-electron chi connectivity index (χ0n) is 18.0. The highest BCUT2D eigenvalue weighted by molar-refractivity contribution is 6.04. The molecule has 2 fully saturated rings. The Morgan fingerprint density at radius 3 is 2.78 bits per heavy atom. The number of carbonyl (C=O) groups is 2. The Hall–Kier alpha value is -3.68. The second-order valence-electron chi connectivity index (χ2n) is 8.61. The van der Waals surface area contributed by atoms with E-state index in [-0.39, 0.29) is 23.3 Å². The molecule has 3 aromatic rings. The van der Waals surface area contributed by atoms with Crippen molar-refractivity contribution in [3.63, 3.8) is 0 Å². The lowest BCUT2D eigenvalue weighted by molar-refractivity contribution is -0.125. The third-order valence-corrected chi connectivity index (χ3v) is 6.66. The number of aromatic nitrogens is 3. The van der Waals surface area contributed by atoms with Crippen LogP contribution in [0.2, 0.25) is 0 Å². The highest BCUT2D eigenvalue weighted by Crippen LogP contribution is 2.55. The average Bonchev–Trinajstić information content (AvgIpc) is 3.39. The molecule has 1 saturated carbocycles. The van der Waals surface area contributed by atoms with Crippen molar-refractivity contribution in [2.24, 2.45) is 5.41 Å². The van der Waals surface area contributed by atoms with Crippen LogP contribution in [0.25, 0.3) is 11.0 Å². The van der Waals surface area contributed by atoms with Gasteiger partial charge < -0.3 is 14.2 Å². The summed E-state index contributed by atoms with van der Waals surface area (Å²) in [6.45, 7) is 5.14. The number of carbonyl (C=O) groups excluding carboxylic acids is 2. The van der Waals surface area contributed by atoms with Crippen LogP contribution in [0.1, 0.15) is 35.7 Å². The van der Waals surface area contributed by atoms with E-state index in [1.54, 1.807) is 12.1 Å². The number of pyridine rings is 1. The van der Waals surface area contributed by atoms with Gasteiger partial charge in [-0.15, -0.1) is 0 Å². The number of amides is 2. The fraction of sp³-hybridized carbons (Fsp3) is 0.333. The molecule has 32 heavy (non-hydrogen) atoms. The summed E-state index contributed by atoms with van der Waals surface area (Å²) < 4.78 is 7.20. The maximum Gasteiger partial charge on any atom is 0.259 e. The van der Waals surface area contributed by atoms with E-state index in [9.17, 15) is 9.59 Å². The largest absolute Gasteiger partial charge is 0.481 e. The zero-order valence-corrected chi connectivity index (χ0v) is 18.0. The number of fused-ring (bicyclic) bond motifs is 1. The Labute approximate surface area is 185 Å². The van der Waals surface area contributed by atoms with Crippen LogP contribution in [0.3, 0.4) is 0 Å². The van der Waals surface area contributed by atoms with Crippen LogP contribution in [0.4, 0.5) is 5.95 Å². The van der Waals surface area contributed by atoms with Gasteiger partial charge in [0.15, 0.2) is 0 Å². The summed E-state index contributed by atoms with van der Waals surface area (Å²) in [5.74, 6) is 0.715. The molecule has 1 spiro atoms. The van der Waals surface area contributed by atoms with Gasteiger partial charge in [-0.2, -0.15) is 0 Å². The van der Waals surface area contributed by atoms with Crippen LogP contribution in [0.15, 0.2) is 55.3 Å². The Kier molecular flexibility index (Phi) is 4.92. The molecular formula is C24H25N5O3. The van der Waals surface area contributed by atoms with Crippen molar-refractivity contribution >= 4 is 28.8 Å². The van der Waals surface area contributed by atoms with Gasteiger partial charge in [0.1, 0.15) is 0 Å². The van der Waals surface area contributed by atoms with Gasteiger partial charge in [0.2, 0.25) is 17.7 Å². The third kappa shape index (κ3) is 3.41. The van der Waals surface area contributed by atoms with Gasteiger partial charge in [-0.1, -0.05) is 18.7 Å². The van der Waals surface area contributed by atoms with Crippen molar-refractivity contribution in [2.75, 3.05) is 25.5 Å². The smallest absolute Gasteiger partial charge is 0.259 e. The molecule has 8 nitrogen and oxygen atoms in total. The van der Waals surface area contributed by atoms with Crippen LogP contribution in [-0.2, 0) is 4.79 Å². The van der Waals surface area contributed by atoms with Gasteiger partial charge in [-0.25, -0.2) is 9.97 Å². The van der Waals surface area contributed by atoms with Crippen molar-refractivity contribution < 1.29 is 14.3 Å². The Morgan fingerprint density at radius 1 is 1.25 bits per heavy atom. The molecule has 1 saturated heterocycles. The zero-order chi connectivity index (χ0) is 22.3. The Bertz CT molecular complexity index is 1190. The number of likely N-dealkylation sites (tertiary alicyclic amines) is 1. The van der Waals surface area contributed by atoms with E-state index < -0.39 is 0 Å². The standard InChI is InChI=1S/C24H25N5O3/c1-3-21(30)28-11-10-24(15-28)12-17(13-24)29-19-7-5-4-6-18(19)26-23(29)27-22(31)16-8-9-20(32-2)25-14-16/h3-9,14,17H,1,10-13,15H2,2H3,(H,26,27,31). The molecule has 1 N–H and O–H groups in total. The van der Waals surface area contributed by atoms with E-state index in [1.807, 2.05) is 29.2 Å². The minimum absolute atomic E-state index is 0.000501. The van der Waals surface area contributed by atoms with E-state index in [0.717, 1.165) is 43.4 Å². The molecule has 0 atom stereocenters. The summed E-state index contributed by atoms with van der Waals surface area (Å²) in [5.41, 5.74) is 2.40. The molecule has 1 aliphatic heterocycles. The molecular weight excluding hydrogens is 406 g/mol. The summed E-state index contributed by atoms with van der Waals surface area (Å²) in [5, 5.41) is 2.97. The Morgan fingerprint density at radius 2 is 2.06 bits per heavy atom. The first kappa shape index (κ1) is 20.2. The summed E-state index contributed by atoms with van der Waals surface area (Å²) in [6.07, 6.45) is 5.76. The highest BCUT2D eigenvalue weighted by atomic mass is 16.5. The first-order chi connectivity index (χ1) is 15.5. The van der Waals surface area contributed by atoms with Crippen LogP contribution in [-0.4, -0.2) is 51.4 Å². The molecule has 2 aromatic heterocycles. The summed E-state index contributed by atoms with van der Waals surface area (Å²) in [7, 11) is 1.53. The van der Waals surface area contributed by atoms with Gasteiger partial charge in [0.25, 0.3) is 5.91 Å². The topological polar surface area (TPSA) is 89.4 Å². The predicted molar refractivity (Wildman–Crippen MR) is 121 cm³/mol. The molecule has 5 rings (SSSR count). The van der Waals surface area contributed by atoms with Crippen molar-refractivity contribution in [2.45, 2.75) is 25.3 Å². The van der Waals surface area contributed by atoms with Crippen LogP contribution in [0, 0.1) is 5.41 Å². The Balaban J connectivity index is 1.39. The molecule has 8 heteroatoms. The summed E-state index contributed by atoms with van der Waals surface area (Å²) in [6, 6.07) is 11.4. The molecule has 2 aliphatic rings. The molecule has 0 radical (unpaired) electrons. The van der Waals surface area contributed by atoms with Gasteiger partial charge in [0.05, 0.1) is 23.7 Å². The third-order valence-electron chi connectivity index (χ3n) is 6.66. The number of benzene rings is 1. The lowest BCUT2D eigenvalue weighted by atomic mass is 9.65. The van der Waals surface area contributed by atoms with E-state index in [0.29, 0.717) is 17.4 Å². The highest BCUT2D eigenvalue weighted by Gasteiger charge is 2.50. The molecule has 3 heterocycles. The maximum atomic E-state index is 12.9. The number of imidazole rings is 1. The lowest BCUT2D eigenvalue weighted by Crippen LogP contribution is -2.42. The van der Waals surface area contributed by atoms with Crippen LogP contribution >= 0.6 is 0 Å². The number of anilines is 1. The molecule has 1 aliphatic carbocycles. The molecule has 1 aromatic carbocycles. The number of methoxy groups -OCH3 is 1. The normalized spacial score (nSPS) is 22.0. The number of rotatable bonds is 5. The van der Waals surface area contributed by atoms with E-state index in [4.69, 9.17) is 9.72 Å². The van der Waals surface area contributed by atoms with Crippen LogP contribution < -0.4 is 10.1 Å². The second-order valence-corrected chi connectivity index (χ2v) is 8.61. The molecule has 2 amide bonds. The van der Waals surface area contributed by atoms with Crippen molar-refractivity contribution in [1.82, 2.24) is 19.4 Å². The minimum Gasteiger partial charge on any atom is -0.481 e. The van der Waals surface area contributed by atoms with E-state index in [1.165, 1.54) is 19.4 Å². The van der Waals surface area contributed by atoms with E-state index in [2.05, 4.69) is 21.4 Å². The SMILES string of the molecule is C=CC(=O)N1CCC2(CC(n3c(NC(=O)c4ccc(OC)nc4)nc4ccccc43)C2)C1. The maximum absolute atomic E-state index is 12.9. The first-order valence-corrected chi connectivity index (χ1v) is 10.7. The van der Waals surface area contributed by atoms with Crippen molar-refractivity contribution in [1.29, 1.82) is 0 Å². The second kappa shape index (κ2) is 7.78. The number of nitrogens with zero attached hydrogens (tertiary/aromatic N) is 4. The minimum atomic E-state index is -0.269. The molecule has 164 valence electrons. The molecule has 0 unspecified atom stereocenters. The fourth-order valence-corrected chi connectivity index (χ4v) is 5.02. The fourth-order valence-electron chi connectivity index (χ4n) is 5.02. The lowest BCUT2D eigenvalue weighted by Gasteiger charge is -2.46.